The van der Waals surface area contributed by atoms with E-state index < -0.39 is 0 Å². The second kappa shape index (κ2) is 7.39. The average Bonchev–Trinajstić information content (AvgIpc) is 3.12. The molecule has 0 aliphatic heterocycles. The van der Waals surface area contributed by atoms with Crippen LogP contribution in [0.1, 0.15) is 55.1 Å². The molecule has 3 aromatic rings. The van der Waals surface area contributed by atoms with Crippen molar-refractivity contribution in [1.29, 1.82) is 0 Å². The second-order valence-electron chi connectivity index (χ2n) is 7.13. The molecule has 0 saturated heterocycles. The Kier molecular flexibility index (Phi) is 4.79. The van der Waals surface area contributed by atoms with Gasteiger partial charge in [0.05, 0.1) is 13.2 Å². The van der Waals surface area contributed by atoms with Crippen LogP contribution in [0, 0.1) is 0 Å². The van der Waals surface area contributed by atoms with Gasteiger partial charge in [-0.05, 0) is 67.5 Å². The number of ether oxygens (including phenoxy) is 1. The van der Waals surface area contributed by atoms with Gasteiger partial charge in [-0.2, -0.15) is 0 Å². The molecule has 2 atom stereocenters. The topological polar surface area (TPSA) is 68.5 Å². The van der Waals surface area contributed by atoms with Gasteiger partial charge in [0.25, 0.3) is 0 Å². The zero-order valence-corrected chi connectivity index (χ0v) is 15.7. The summed E-state index contributed by atoms with van der Waals surface area (Å²) in [6, 6.07) is 11.8. The molecule has 4 rings (SSSR count). The number of benzene rings is 1. The Balaban J connectivity index is 1.46. The maximum absolute atomic E-state index is 12.7. The summed E-state index contributed by atoms with van der Waals surface area (Å²) in [6.45, 7) is 1.95. The first-order valence-electron chi connectivity index (χ1n) is 9.41. The van der Waals surface area contributed by atoms with Gasteiger partial charge in [-0.15, -0.1) is 10.2 Å². The maximum atomic E-state index is 12.7. The molecule has 0 radical (unpaired) electrons. The quantitative estimate of drug-likeness (QED) is 0.753. The van der Waals surface area contributed by atoms with Gasteiger partial charge in [-0.1, -0.05) is 12.1 Å². The predicted molar refractivity (Wildman–Crippen MR) is 103 cm³/mol. The molecule has 6 nitrogen and oxygen atoms in total. The monoisotopic (exact) mass is 364 g/mol. The van der Waals surface area contributed by atoms with E-state index in [4.69, 9.17) is 4.74 Å². The van der Waals surface area contributed by atoms with Gasteiger partial charge >= 0.3 is 0 Å². The van der Waals surface area contributed by atoms with Crippen molar-refractivity contribution in [2.75, 3.05) is 7.11 Å². The van der Waals surface area contributed by atoms with Crippen LogP contribution in [-0.2, 0) is 11.2 Å². The van der Waals surface area contributed by atoms with Gasteiger partial charge in [-0.25, -0.2) is 0 Å². The molecule has 0 bridgehead atoms. The van der Waals surface area contributed by atoms with Crippen molar-refractivity contribution in [3.8, 4) is 5.75 Å². The highest BCUT2D eigenvalue weighted by molar-refractivity contribution is 5.77. The zero-order chi connectivity index (χ0) is 18.8. The molecule has 0 fully saturated rings. The Bertz CT molecular complexity index is 966. The molecule has 1 aromatic carbocycles. The standard InChI is InChI=1S/C21H24N4O2/c1-14(21-24-23-19-8-3-4-11-25(19)21)22-20(26)13-16-7-5-6-15-12-17(27-2)9-10-18(15)16/h3-4,8-12,14,16H,5-7,13H2,1-2H3,(H,22,26). The maximum Gasteiger partial charge on any atom is 0.221 e. The number of methoxy groups -OCH3 is 1. The van der Waals surface area contributed by atoms with Crippen molar-refractivity contribution in [3.63, 3.8) is 0 Å². The molecule has 2 unspecified atom stereocenters. The third-order valence-corrected chi connectivity index (χ3v) is 5.33. The number of hydrogen-bond donors (Lipinski definition) is 1. The van der Waals surface area contributed by atoms with Crippen LogP contribution in [0.3, 0.4) is 0 Å². The van der Waals surface area contributed by atoms with Crippen LogP contribution in [0.4, 0.5) is 0 Å². The Morgan fingerprint density at radius 1 is 1.33 bits per heavy atom. The van der Waals surface area contributed by atoms with Crippen LogP contribution in [0.2, 0.25) is 0 Å². The van der Waals surface area contributed by atoms with Gasteiger partial charge in [-0.3, -0.25) is 9.20 Å². The molecule has 2 aromatic heterocycles. The summed E-state index contributed by atoms with van der Waals surface area (Å²) in [5, 5.41) is 11.5. The van der Waals surface area contributed by atoms with E-state index >= 15 is 0 Å². The number of aryl methyl sites for hydroxylation is 1. The molecule has 6 heteroatoms. The first kappa shape index (κ1) is 17.5. The van der Waals surface area contributed by atoms with Crippen molar-refractivity contribution in [3.05, 3.63) is 59.5 Å². The smallest absolute Gasteiger partial charge is 0.221 e. The van der Waals surface area contributed by atoms with Gasteiger partial charge in [0.2, 0.25) is 5.91 Å². The summed E-state index contributed by atoms with van der Waals surface area (Å²) >= 11 is 0. The molecule has 140 valence electrons. The molecular formula is C21H24N4O2. The molecule has 1 amide bonds. The first-order chi connectivity index (χ1) is 13.2. The highest BCUT2D eigenvalue weighted by atomic mass is 16.5. The number of aromatic nitrogens is 3. The van der Waals surface area contributed by atoms with Crippen molar-refractivity contribution in [1.82, 2.24) is 19.9 Å². The highest BCUT2D eigenvalue weighted by Crippen LogP contribution is 2.35. The van der Waals surface area contributed by atoms with Crippen LogP contribution >= 0.6 is 0 Å². The summed E-state index contributed by atoms with van der Waals surface area (Å²) < 4.78 is 7.24. The second-order valence-corrected chi connectivity index (χ2v) is 7.13. The van der Waals surface area contributed by atoms with E-state index in [-0.39, 0.29) is 17.9 Å². The minimum Gasteiger partial charge on any atom is -0.497 e. The number of nitrogens with one attached hydrogen (secondary N) is 1. The molecule has 1 N–H and O–H groups in total. The lowest BCUT2D eigenvalue weighted by atomic mass is 9.81. The molecular weight excluding hydrogens is 340 g/mol. The SMILES string of the molecule is COc1ccc2c(c1)CCCC2CC(=O)NC(C)c1nnc2ccccn12. The van der Waals surface area contributed by atoms with E-state index in [9.17, 15) is 4.79 Å². The molecule has 0 saturated carbocycles. The van der Waals surface area contributed by atoms with E-state index in [1.54, 1.807) is 7.11 Å². The average molecular weight is 364 g/mol. The minimum atomic E-state index is -0.200. The number of rotatable bonds is 5. The van der Waals surface area contributed by atoms with E-state index in [1.165, 1.54) is 11.1 Å². The Labute approximate surface area is 158 Å². The summed E-state index contributed by atoms with van der Waals surface area (Å²) in [6.07, 6.45) is 5.59. The number of carbonyl (C=O) groups is 1. The van der Waals surface area contributed by atoms with Crippen LogP contribution in [0.15, 0.2) is 42.6 Å². The number of fused-ring (bicyclic) bond motifs is 2. The van der Waals surface area contributed by atoms with Crippen molar-refractivity contribution < 1.29 is 9.53 Å². The van der Waals surface area contributed by atoms with E-state index in [1.807, 2.05) is 41.8 Å². The first-order valence-corrected chi connectivity index (χ1v) is 9.41. The fourth-order valence-corrected chi connectivity index (χ4v) is 3.97. The fourth-order valence-electron chi connectivity index (χ4n) is 3.97. The van der Waals surface area contributed by atoms with Crippen LogP contribution in [0.5, 0.6) is 5.75 Å². The summed E-state index contributed by atoms with van der Waals surface area (Å²) in [4.78, 5) is 12.7. The molecule has 27 heavy (non-hydrogen) atoms. The highest BCUT2D eigenvalue weighted by Gasteiger charge is 2.24. The van der Waals surface area contributed by atoms with Gasteiger partial charge in [0.15, 0.2) is 11.5 Å². The van der Waals surface area contributed by atoms with E-state index in [0.29, 0.717) is 6.42 Å². The number of hydrogen-bond acceptors (Lipinski definition) is 4. The van der Waals surface area contributed by atoms with Crippen LogP contribution in [-0.4, -0.2) is 27.6 Å². The number of pyridine rings is 1. The Hall–Kier alpha value is -2.89. The molecule has 1 aliphatic carbocycles. The lowest BCUT2D eigenvalue weighted by Gasteiger charge is -2.26. The largest absolute Gasteiger partial charge is 0.497 e. The summed E-state index contributed by atoms with van der Waals surface area (Å²) in [5.74, 6) is 1.92. The number of carbonyl (C=O) groups excluding carboxylic acids is 1. The minimum absolute atomic E-state index is 0.0452. The fraction of sp³-hybridized carbons (Fsp3) is 0.381. The van der Waals surface area contributed by atoms with Crippen LogP contribution < -0.4 is 10.1 Å². The van der Waals surface area contributed by atoms with E-state index in [2.05, 4.69) is 27.6 Å². The third kappa shape index (κ3) is 3.52. The van der Waals surface area contributed by atoms with Crippen molar-refractivity contribution in [2.45, 2.75) is 44.6 Å². The van der Waals surface area contributed by atoms with Crippen molar-refractivity contribution >= 4 is 11.6 Å². The van der Waals surface area contributed by atoms with E-state index in [0.717, 1.165) is 36.5 Å². The predicted octanol–water partition coefficient (Wildman–Crippen LogP) is 3.43. The van der Waals surface area contributed by atoms with Crippen LogP contribution in [0.25, 0.3) is 5.65 Å². The van der Waals surface area contributed by atoms with Crippen molar-refractivity contribution in [2.24, 2.45) is 0 Å². The lowest BCUT2D eigenvalue weighted by Crippen LogP contribution is -2.29. The van der Waals surface area contributed by atoms with Gasteiger partial charge in [0, 0.05) is 12.6 Å². The molecule has 0 spiro atoms. The molecule has 1 aliphatic rings. The summed E-state index contributed by atoms with van der Waals surface area (Å²) in [7, 11) is 1.69. The third-order valence-electron chi connectivity index (χ3n) is 5.33. The number of nitrogens with zero attached hydrogens (tertiary/aromatic N) is 3. The normalized spacial score (nSPS) is 17.3. The lowest BCUT2D eigenvalue weighted by molar-refractivity contribution is -0.122. The zero-order valence-electron chi connectivity index (χ0n) is 15.7. The van der Waals surface area contributed by atoms with Gasteiger partial charge < -0.3 is 10.1 Å². The summed E-state index contributed by atoms with van der Waals surface area (Å²) in [5.41, 5.74) is 3.36. The van der Waals surface area contributed by atoms with Gasteiger partial charge in [0.1, 0.15) is 5.75 Å². The Morgan fingerprint density at radius 2 is 2.22 bits per heavy atom. The Morgan fingerprint density at radius 3 is 3.07 bits per heavy atom. The number of amides is 1. The molecule has 2 heterocycles.